The standard InChI is InChI=1S/C17H25N3O/c1-4-6-7-11-20(3)13-8-9-14-15(12-13)19-17(21)16(14)18-10-5-2/h4,8-9,12,16,18H,1,5-7,10-11H2,2-3H3,(H,19,21). The van der Waals surface area contributed by atoms with E-state index < -0.39 is 0 Å². The Morgan fingerprint density at radius 3 is 3.00 bits per heavy atom. The lowest BCUT2D eigenvalue weighted by molar-refractivity contribution is -0.117. The Balaban J connectivity index is 2.08. The third-order valence-electron chi connectivity index (χ3n) is 3.81. The van der Waals surface area contributed by atoms with E-state index >= 15 is 0 Å². The predicted molar refractivity (Wildman–Crippen MR) is 88.8 cm³/mol. The molecule has 1 unspecified atom stereocenters. The number of anilines is 2. The van der Waals surface area contributed by atoms with Crippen molar-refractivity contribution < 1.29 is 4.79 Å². The molecule has 1 aliphatic heterocycles. The first-order valence-electron chi connectivity index (χ1n) is 7.67. The molecule has 0 fully saturated rings. The molecule has 1 heterocycles. The molecule has 2 rings (SSSR count). The highest BCUT2D eigenvalue weighted by Crippen LogP contribution is 2.33. The van der Waals surface area contributed by atoms with Crippen LogP contribution in [0, 0.1) is 0 Å². The van der Waals surface area contributed by atoms with E-state index in [0.717, 1.165) is 49.3 Å². The number of allylic oxidation sites excluding steroid dienone is 1. The van der Waals surface area contributed by atoms with Gasteiger partial charge in [-0.2, -0.15) is 0 Å². The Morgan fingerprint density at radius 2 is 2.29 bits per heavy atom. The first kappa shape index (κ1) is 15.6. The van der Waals surface area contributed by atoms with Crippen LogP contribution in [-0.2, 0) is 4.79 Å². The molecule has 4 nitrogen and oxygen atoms in total. The van der Waals surface area contributed by atoms with Gasteiger partial charge in [0.05, 0.1) is 0 Å². The number of unbranched alkanes of at least 4 members (excludes halogenated alkanes) is 1. The van der Waals surface area contributed by atoms with Crippen molar-refractivity contribution in [3.8, 4) is 0 Å². The minimum Gasteiger partial charge on any atom is -0.375 e. The van der Waals surface area contributed by atoms with Crippen LogP contribution in [0.25, 0.3) is 0 Å². The minimum atomic E-state index is -0.208. The van der Waals surface area contributed by atoms with E-state index in [-0.39, 0.29) is 11.9 Å². The van der Waals surface area contributed by atoms with Crippen LogP contribution in [0.2, 0.25) is 0 Å². The van der Waals surface area contributed by atoms with Gasteiger partial charge in [0.15, 0.2) is 0 Å². The zero-order chi connectivity index (χ0) is 15.2. The number of rotatable bonds is 8. The number of hydrogen-bond acceptors (Lipinski definition) is 3. The fraction of sp³-hybridized carbons (Fsp3) is 0.471. The Bertz CT molecular complexity index is 513. The largest absolute Gasteiger partial charge is 0.375 e. The summed E-state index contributed by atoms with van der Waals surface area (Å²) in [5.74, 6) is 0.0462. The second kappa shape index (κ2) is 7.27. The van der Waals surface area contributed by atoms with E-state index in [1.54, 1.807) is 0 Å². The van der Waals surface area contributed by atoms with Gasteiger partial charge in [-0.25, -0.2) is 0 Å². The Labute approximate surface area is 127 Å². The highest BCUT2D eigenvalue weighted by molar-refractivity contribution is 6.03. The van der Waals surface area contributed by atoms with Gasteiger partial charge in [0.2, 0.25) is 5.91 Å². The summed E-state index contributed by atoms with van der Waals surface area (Å²) in [6, 6.07) is 6.00. The fourth-order valence-corrected chi connectivity index (χ4v) is 2.58. The molecule has 0 aliphatic carbocycles. The quantitative estimate of drug-likeness (QED) is 0.570. The Hall–Kier alpha value is -1.81. The number of carbonyl (C=O) groups excluding carboxylic acids is 1. The number of hydrogen-bond donors (Lipinski definition) is 2. The van der Waals surface area contributed by atoms with Gasteiger partial charge in [0.1, 0.15) is 6.04 Å². The topological polar surface area (TPSA) is 44.4 Å². The predicted octanol–water partition coefficient (Wildman–Crippen LogP) is 3.08. The van der Waals surface area contributed by atoms with Crippen molar-refractivity contribution in [2.45, 2.75) is 32.2 Å². The van der Waals surface area contributed by atoms with Crippen LogP contribution in [0.15, 0.2) is 30.9 Å². The first-order valence-corrected chi connectivity index (χ1v) is 7.67. The van der Waals surface area contributed by atoms with Gasteiger partial charge in [0, 0.05) is 30.5 Å². The zero-order valence-electron chi connectivity index (χ0n) is 13.0. The van der Waals surface area contributed by atoms with Crippen molar-refractivity contribution in [3.63, 3.8) is 0 Å². The number of nitrogens with one attached hydrogen (secondary N) is 2. The molecule has 1 atom stereocenters. The van der Waals surface area contributed by atoms with Crippen molar-refractivity contribution in [2.75, 3.05) is 30.4 Å². The molecule has 4 heteroatoms. The molecule has 1 aromatic rings. The smallest absolute Gasteiger partial charge is 0.246 e. The van der Waals surface area contributed by atoms with Gasteiger partial charge in [-0.15, -0.1) is 6.58 Å². The number of benzene rings is 1. The first-order chi connectivity index (χ1) is 10.2. The van der Waals surface area contributed by atoms with Crippen molar-refractivity contribution >= 4 is 17.3 Å². The monoisotopic (exact) mass is 287 g/mol. The van der Waals surface area contributed by atoms with Gasteiger partial charge in [-0.05, 0) is 37.9 Å². The lowest BCUT2D eigenvalue weighted by Crippen LogP contribution is -2.27. The molecule has 1 aliphatic rings. The number of nitrogens with zero attached hydrogens (tertiary/aromatic N) is 1. The van der Waals surface area contributed by atoms with Crippen LogP contribution in [0.1, 0.15) is 37.8 Å². The van der Waals surface area contributed by atoms with Gasteiger partial charge in [-0.3, -0.25) is 4.79 Å². The maximum atomic E-state index is 12.0. The molecule has 0 radical (unpaired) electrons. The molecule has 1 amide bonds. The summed E-state index contributed by atoms with van der Waals surface area (Å²) in [6.07, 6.45) is 5.07. The van der Waals surface area contributed by atoms with E-state index in [1.807, 2.05) is 6.08 Å². The summed E-state index contributed by atoms with van der Waals surface area (Å²) in [5.41, 5.74) is 3.12. The van der Waals surface area contributed by atoms with E-state index in [4.69, 9.17) is 0 Å². The summed E-state index contributed by atoms with van der Waals surface area (Å²) in [7, 11) is 2.08. The lowest BCUT2D eigenvalue weighted by atomic mass is 10.1. The second-order valence-corrected chi connectivity index (χ2v) is 5.50. The number of amides is 1. The average molecular weight is 287 g/mol. The van der Waals surface area contributed by atoms with Crippen molar-refractivity contribution in [1.82, 2.24) is 5.32 Å². The highest BCUT2D eigenvalue weighted by Gasteiger charge is 2.30. The van der Waals surface area contributed by atoms with Gasteiger partial charge in [0.25, 0.3) is 0 Å². The Kier molecular flexibility index (Phi) is 5.39. The van der Waals surface area contributed by atoms with Gasteiger partial charge in [-0.1, -0.05) is 19.1 Å². The number of carbonyl (C=O) groups is 1. The molecular weight excluding hydrogens is 262 g/mol. The van der Waals surface area contributed by atoms with Crippen LogP contribution < -0.4 is 15.5 Å². The van der Waals surface area contributed by atoms with Crippen molar-refractivity contribution in [3.05, 3.63) is 36.4 Å². The number of fused-ring (bicyclic) bond motifs is 1. The zero-order valence-corrected chi connectivity index (χ0v) is 13.0. The summed E-state index contributed by atoms with van der Waals surface area (Å²) in [5, 5.41) is 6.27. The summed E-state index contributed by atoms with van der Waals surface area (Å²) in [6.45, 7) is 7.68. The van der Waals surface area contributed by atoms with Crippen LogP contribution in [-0.4, -0.2) is 26.0 Å². The van der Waals surface area contributed by atoms with E-state index in [0.29, 0.717) is 0 Å². The fourth-order valence-electron chi connectivity index (χ4n) is 2.58. The molecule has 0 saturated heterocycles. The summed E-state index contributed by atoms with van der Waals surface area (Å²) in [4.78, 5) is 14.2. The van der Waals surface area contributed by atoms with E-state index in [1.165, 1.54) is 0 Å². The third-order valence-corrected chi connectivity index (χ3v) is 3.81. The molecule has 1 aromatic carbocycles. The van der Waals surface area contributed by atoms with Crippen LogP contribution in [0.5, 0.6) is 0 Å². The second-order valence-electron chi connectivity index (χ2n) is 5.50. The molecule has 21 heavy (non-hydrogen) atoms. The van der Waals surface area contributed by atoms with Crippen LogP contribution in [0.3, 0.4) is 0 Å². The van der Waals surface area contributed by atoms with Gasteiger partial charge < -0.3 is 15.5 Å². The van der Waals surface area contributed by atoms with Crippen LogP contribution >= 0.6 is 0 Å². The lowest BCUT2D eigenvalue weighted by Gasteiger charge is -2.20. The molecule has 0 bridgehead atoms. The van der Waals surface area contributed by atoms with Crippen molar-refractivity contribution in [1.29, 1.82) is 0 Å². The van der Waals surface area contributed by atoms with Gasteiger partial charge >= 0.3 is 0 Å². The summed E-state index contributed by atoms with van der Waals surface area (Å²) >= 11 is 0. The molecule has 0 aromatic heterocycles. The molecule has 0 spiro atoms. The third kappa shape index (κ3) is 3.64. The normalized spacial score (nSPS) is 16.5. The molecule has 0 saturated carbocycles. The average Bonchev–Trinajstić information content (AvgIpc) is 2.79. The highest BCUT2D eigenvalue weighted by atomic mass is 16.2. The van der Waals surface area contributed by atoms with E-state index in [2.05, 4.69) is 54.3 Å². The minimum absolute atomic E-state index is 0.0462. The molecule has 2 N–H and O–H groups in total. The maximum absolute atomic E-state index is 12.0. The molecule has 114 valence electrons. The van der Waals surface area contributed by atoms with Crippen LogP contribution in [0.4, 0.5) is 11.4 Å². The van der Waals surface area contributed by atoms with E-state index in [9.17, 15) is 4.79 Å². The Morgan fingerprint density at radius 1 is 1.48 bits per heavy atom. The maximum Gasteiger partial charge on any atom is 0.246 e. The van der Waals surface area contributed by atoms with Crippen molar-refractivity contribution in [2.24, 2.45) is 0 Å². The SMILES string of the molecule is C=CCCCN(C)c1ccc2c(c1)NC(=O)C2NCCC. The summed E-state index contributed by atoms with van der Waals surface area (Å²) < 4.78 is 0. The molecular formula is C17H25N3O.